The van der Waals surface area contributed by atoms with Gasteiger partial charge in [0, 0.05) is 50.0 Å². The highest BCUT2D eigenvalue weighted by atomic mass is 14.9. The summed E-state index contributed by atoms with van der Waals surface area (Å²) in [5.74, 6) is 0.677. The van der Waals surface area contributed by atoms with Crippen molar-refractivity contribution in [2.75, 3.05) is 0 Å². The van der Waals surface area contributed by atoms with Crippen molar-refractivity contribution in [1.29, 1.82) is 0 Å². The van der Waals surface area contributed by atoms with Gasteiger partial charge in [-0.15, -0.1) is 0 Å². The van der Waals surface area contributed by atoms with Gasteiger partial charge in [-0.05, 0) is 81.9 Å². The molecule has 0 aliphatic heterocycles. The molecule has 12 aromatic rings. The first-order chi connectivity index (χ1) is 30.2. The van der Waals surface area contributed by atoms with Gasteiger partial charge in [-0.25, -0.2) is 9.97 Å². The van der Waals surface area contributed by atoms with Crippen LogP contribution in [0.4, 0.5) is 0 Å². The Hall–Kier alpha value is -8.21. The number of para-hydroxylation sites is 1. The van der Waals surface area contributed by atoms with Gasteiger partial charge in [0.05, 0.1) is 33.6 Å². The summed E-state index contributed by atoms with van der Waals surface area (Å²) in [5, 5.41) is 5.11. The van der Waals surface area contributed by atoms with Crippen LogP contribution >= 0.6 is 0 Å². The molecule has 0 saturated heterocycles. The second-order valence-corrected chi connectivity index (χ2v) is 15.7. The maximum Gasteiger partial charge on any atom is 0.160 e. The van der Waals surface area contributed by atoms with E-state index in [9.17, 15) is 0 Å². The van der Waals surface area contributed by atoms with E-state index in [-0.39, 0.29) is 0 Å². The van der Waals surface area contributed by atoms with Gasteiger partial charge in [0.2, 0.25) is 0 Å². The predicted octanol–water partition coefficient (Wildman–Crippen LogP) is 14.7. The molecule has 0 fully saturated rings. The third-order valence-electron chi connectivity index (χ3n) is 12.0. The maximum absolute atomic E-state index is 5.21. The number of rotatable bonds is 7. The molecule has 284 valence electrons. The first-order valence-electron chi connectivity index (χ1n) is 20.7. The van der Waals surface area contributed by atoms with E-state index in [1.54, 1.807) is 0 Å². The third kappa shape index (κ3) is 6.04. The molecule has 4 nitrogen and oxygen atoms in total. The van der Waals surface area contributed by atoms with Gasteiger partial charge in [-0.2, -0.15) is 0 Å². The second kappa shape index (κ2) is 14.3. The Morgan fingerprint density at radius 1 is 0.279 bits per heavy atom. The molecular formula is C57H36N4. The highest BCUT2D eigenvalue weighted by molar-refractivity contribution is 6.23. The molecule has 0 radical (unpaired) electrons. The van der Waals surface area contributed by atoms with E-state index >= 15 is 0 Å². The van der Waals surface area contributed by atoms with Crippen LogP contribution in [-0.2, 0) is 0 Å². The average Bonchev–Trinajstić information content (AvgIpc) is 3.87. The van der Waals surface area contributed by atoms with E-state index in [0.717, 1.165) is 56.0 Å². The van der Waals surface area contributed by atoms with Gasteiger partial charge in [0.1, 0.15) is 0 Å². The molecule has 0 unspecified atom stereocenters. The average molecular weight is 777 g/mol. The smallest absolute Gasteiger partial charge is 0.160 e. The molecule has 4 aromatic heterocycles. The molecular weight excluding hydrogens is 741 g/mol. The first-order valence-corrected chi connectivity index (χ1v) is 20.7. The number of hydrogen-bond donors (Lipinski definition) is 0. The van der Waals surface area contributed by atoms with Crippen LogP contribution in [-0.4, -0.2) is 19.4 Å². The zero-order valence-corrected chi connectivity index (χ0v) is 33.1. The summed E-state index contributed by atoms with van der Waals surface area (Å²) < 4.78 is 2.48. The summed E-state index contributed by atoms with van der Waals surface area (Å²) in [7, 11) is 0. The Bertz CT molecular complexity index is 3570. The largest absolute Gasteiger partial charge is 0.308 e. The number of fused-ring (bicyclic) bond motifs is 6. The minimum atomic E-state index is 0.677. The standard InChI is InChI=1S/C57H36N4/c1-3-13-37(14-4-1)42-26-28-47-49-23-12-24-50-48-29-27-43(35-55(48)61(56(49)50)54(47)34-42)40-18-9-17-39(31-40)41-19-10-22-46(32-41)57-59-52(38-15-5-2-6-16-38)36-53(60-57)45-21-11-20-44(33-45)51-25-7-8-30-58-51/h1-36H. The Labute approximate surface area is 353 Å². The fraction of sp³-hybridized carbons (Fsp3) is 0. The van der Waals surface area contributed by atoms with Crippen LogP contribution in [0, 0.1) is 0 Å². The minimum absolute atomic E-state index is 0.677. The molecule has 0 atom stereocenters. The number of pyridine rings is 1. The summed E-state index contributed by atoms with van der Waals surface area (Å²) in [4.78, 5) is 15.0. The van der Waals surface area contributed by atoms with Gasteiger partial charge in [-0.1, -0.05) is 164 Å². The Morgan fingerprint density at radius 3 is 1.36 bits per heavy atom. The van der Waals surface area contributed by atoms with Crippen LogP contribution in [0.1, 0.15) is 0 Å². The molecule has 4 heterocycles. The fourth-order valence-electron chi connectivity index (χ4n) is 9.04. The lowest BCUT2D eigenvalue weighted by Gasteiger charge is -2.12. The van der Waals surface area contributed by atoms with Crippen LogP contribution in [0.5, 0.6) is 0 Å². The van der Waals surface area contributed by atoms with Crippen molar-refractivity contribution >= 4 is 38.1 Å². The molecule has 0 N–H and O–H groups in total. The normalized spacial score (nSPS) is 11.6. The molecule has 0 aliphatic rings. The van der Waals surface area contributed by atoms with Gasteiger partial charge < -0.3 is 4.40 Å². The summed E-state index contributed by atoms with van der Waals surface area (Å²) >= 11 is 0. The highest BCUT2D eigenvalue weighted by Gasteiger charge is 2.19. The SMILES string of the molecule is c1ccc(-c2ccc3c4cccc5c6ccc(-c7cccc(-c8cccc(-c9nc(-c%10ccccc%10)cc(-c%10cccc(-c%11ccccn%11)c%10)n9)c8)c7)cc6n(c3c2)c45)cc1. The van der Waals surface area contributed by atoms with E-state index < -0.39 is 0 Å². The van der Waals surface area contributed by atoms with E-state index in [1.807, 2.05) is 30.5 Å². The van der Waals surface area contributed by atoms with Crippen molar-refractivity contribution < 1.29 is 0 Å². The minimum Gasteiger partial charge on any atom is -0.308 e. The number of nitrogens with zero attached hydrogens (tertiary/aromatic N) is 4. The lowest BCUT2D eigenvalue weighted by molar-refractivity contribution is 1.18. The Morgan fingerprint density at radius 2 is 0.738 bits per heavy atom. The Kier molecular flexibility index (Phi) is 8.13. The molecule has 0 spiro atoms. The van der Waals surface area contributed by atoms with Crippen LogP contribution < -0.4 is 0 Å². The quantitative estimate of drug-likeness (QED) is 0.162. The van der Waals surface area contributed by atoms with Crippen LogP contribution in [0.3, 0.4) is 0 Å². The van der Waals surface area contributed by atoms with Crippen molar-refractivity contribution in [3.05, 3.63) is 219 Å². The molecule has 4 heteroatoms. The maximum atomic E-state index is 5.21. The molecule has 0 amide bonds. The van der Waals surface area contributed by atoms with Gasteiger partial charge >= 0.3 is 0 Å². The Balaban J connectivity index is 0.949. The van der Waals surface area contributed by atoms with Gasteiger partial charge in [0.15, 0.2) is 5.82 Å². The van der Waals surface area contributed by atoms with Gasteiger partial charge in [-0.3, -0.25) is 4.98 Å². The molecule has 0 aliphatic carbocycles. The van der Waals surface area contributed by atoms with E-state index in [2.05, 4.69) is 197 Å². The van der Waals surface area contributed by atoms with E-state index in [4.69, 9.17) is 9.97 Å². The van der Waals surface area contributed by atoms with Crippen molar-refractivity contribution in [3.8, 4) is 78.5 Å². The monoisotopic (exact) mass is 776 g/mol. The number of benzene rings is 8. The fourth-order valence-corrected chi connectivity index (χ4v) is 9.04. The van der Waals surface area contributed by atoms with Crippen LogP contribution in [0.2, 0.25) is 0 Å². The highest BCUT2D eigenvalue weighted by Crippen LogP contribution is 2.42. The van der Waals surface area contributed by atoms with Crippen molar-refractivity contribution in [2.45, 2.75) is 0 Å². The molecule has 8 aromatic carbocycles. The predicted molar refractivity (Wildman–Crippen MR) is 253 cm³/mol. The lowest BCUT2D eigenvalue weighted by Crippen LogP contribution is -1.96. The topological polar surface area (TPSA) is 43.1 Å². The van der Waals surface area contributed by atoms with Crippen molar-refractivity contribution in [3.63, 3.8) is 0 Å². The summed E-state index contributed by atoms with van der Waals surface area (Å²) in [6, 6.07) is 75.5. The summed E-state index contributed by atoms with van der Waals surface area (Å²) in [5.41, 5.74) is 17.4. The van der Waals surface area contributed by atoms with E-state index in [1.165, 1.54) is 54.8 Å². The number of aromatic nitrogens is 4. The summed E-state index contributed by atoms with van der Waals surface area (Å²) in [6.07, 6.45) is 1.83. The molecule has 0 saturated carbocycles. The molecule has 12 rings (SSSR count). The summed E-state index contributed by atoms with van der Waals surface area (Å²) in [6.45, 7) is 0. The lowest BCUT2D eigenvalue weighted by atomic mass is 9.97. The zero-order chi connectivity index (χ0) is 40.3. The van der Waals surface area contributed by atoms with Crippen LogP contribution in [0.15, 0.2) is 219 Å². The third-order valence-corrected chi connectivity index (χ3v) is 12.0. The molecule has 0 bridgehead atoms. The second-order valence-electron chi connectivity index (χ2n) is 15.7. The van der Waals surface area contributed by atoms with Gasteiger partial charge in [0.25, 0.3) is 0 Å². The first kappa shape index (κ1) is 34.8. The van der Waals surface area contributed by atoms with Crippen LogP contribution in [0.25, 0.3) is 117 Å². The van der Waals surface area contributed by atoms with E-state index in [0.29, 0.717) is 5.82 Å². The van der Waals surface area contributed by atoms with Crippen molar-refractivity contribution in [2.24, 2.45) is 0 Å². The zero-order valence-electron chi connectivity index (χ0n) is 33.1. The number of hydrogen-bond acceptors (Lipinski definition) is 3. The van der Waals surface area contributed by atoms with Crippen molar-refractivity contribution in [1.82, 2.24) is 19.4 Å². The molecule has 61 heavy (non-hydrogen) atoms.